The molecule has 0 saturated carbocycles. The number of hydrogen-bond acceptors (Lipinski definition) is 3. The van der Waals surface area contributed by atoms with Gasteiger partial charge in [0.25, 0.3) is 5.91 Å². The van der Waals surface area contributed by atoms with Crippen LogP contribution in [0.15, 0.2) is 42.6 Å². The van der Waals surface area contributed by atoms with Gasteiger partial charge in [-0.15, -0.1) is 0 Å². The first-order valence-electron chi connectivity index (χ1n) is 9.45. The first kappa shape index (κ1) is 17.6. The van der Waals surface area contributed by atoms with Gasteiger partial charge in [-0.1, -0.05) is 13.0 Å². The van der Waals surface area contributed by atoms with Gasteiger partial charge in [0.1, 0.15) is 5.82 Å². The molecule has 0 spiro atoms. The normalized spacial score (nSPS) is 20.6. The highest BCUT2D eigenvalue weighted by Crippen LogP contribution is 2.34. The molecule has 2 N–H and O–H groups in total. The van der Waals surface area contributed by atoms with Gasteiger partial charge in [-0.05, 0) is 61.6 Å². The van der Waals surface area contributed by atoms with Crippen molar-refractivity contribution in [3.05, 3.63) is 59.5 Å². The van der Waals surface area contributed by atoms with Crippen LogP contribution in [-0.4, -0.2) is 19.0 Å². The number of benzene rings is 2. The van der Waals surface area contributed by atoms with Crippen molar-refractivity contribution in [1.82, 2.24) is 0 Å². The Kier molecular flexibility index (Phi) is 4.60. The summed E-state index contributed by atoms with van der Waals surface area (Å²) in [4.78, 5) is 14.6. The summed E-state index contributed by atoms with van der Waals surface area (Å²) in [5.41, 5.74) is 4.48. The first-order chi connectivity index (χ1) is 13.0. The van der Waals surface area contributed by atoms with E-state index in [1.165, 1.54) is 30.2 Å². The van der Waals surface area contributed by atoms with Crippen molar-refractivity contribution in [1.29, 1.82) is 0 Å². The van der Waals surface area contributed by atoms with Crippen molar-refractivity contribution in [2.24, 2.45) is 5.92 Å². The minimum absolute atomic E-state index is 0.293. The van der Waals surface area contributed by atoms with Crippen molar-refractivity contribution >= 4 is 28.5 Å². The Morgan fingerprint density at radius 3 is 2.93 bits per heavy atom. The molecule has 2 aromatic carbocycles. The number of rotatable bonds is 3. The summed E-state index contributed by atoms with van der Waals surface area (Å²) in [6, 6.07) is 10.9. The molecule has 1 unspecified atom stereocenters. The molecular formula is C22H24FN3O. The van der Waals surface area contributed by atoms with Crippen LogP contribution in [0.5, 0.6) is 0 Å². The summed E-state index contributed by atoms with van der Waals surface area (Å²) < 4.78 is 14.1. The van der Waals surface area contributed by atoms with Crippen molar-refractivity contribution in [3.63, 3.8) is 0 Å². The summed E-state index contributed by atoms with van der Waals surface area (Å²) in [6.45, 7) is 6.59. The Bertz CT molecular complexity index is 922. The van der Waals surface area contributed by atoms with Crippen molar-refractivity contribution in [3.8, 4) is 0 Å². The number of nitrogens with zero attached hydrogens (tertiary/aromatic N) is 1. The number of amides is 1. The molecule has 2 aliphatic heterocycles. The van der Waals surface area contributed by atoms with Crippen LogP contribution in [0.2, 0.25) is 0 Å². The molecule has 5 heteroatoms. The lowest BCUT2D eigenvalue weighted by Gasteiger charge is -2.34. The number of piperidine rings is 1. The lowest BCUT2D eigenvalue weighted by Crippen LogP contribution is -2.34. The third-order valence-corrected chi connectivity index (χ3v) is 5.35. The molecule has 0 aliphatic carbocycles. The minimum atomic E-state index is -0.398. The van der Waals surface area contributed by atoms with E-state index in [1.54, 1.807) is 18.3 Å². The molecule has 4 rings (SSSR count). The monoisotopic (exact) mass is 365 g/mol. The molecule has 0 aromatic heterocycles. The molecule has 1 saturated heterocycles. The Balaban J connectivity index is 1.55. The van der Waals surface area contributed by atoms with Crippen LogP contribution in [0.25, 0.3) is 5.57 Å². The maximum atomic E-state index is 14.1. The number of aryl methyl sites for hydroxylation is 1. The van der Waals surface area contributed by atoms with Gasteiger partial charge in [-0.3, -0.25) is 4.79 Å². The zero-order valence-electron chi connectivity index (χ0n) is 15.7. The molecule has 2 heterocycles. The van der Waals surface area contributed by atoms with Crippen LogP contribution in [0, 0.1) is 18.7 Å². The third-order valence-electron chi connectivity index (χ3n) is 5.35. The maximum absolute atomic E-state index is 14.1. The topological polar surface area (TPSA) is 44.4 Å². The minimum Gasteiger partial charge on any atom is -0.371 e. The predicted octanol–water partition coefficient (Wildman–Crippen LogP) is 4.78. The Hall–Kier alpha value is -2.82. The van der Waals surface area contributed by atoms with Crippen molar-refractivity contribution in [2.45, 2.75) is 26.7 Å². The highest BCUT2D eigenvalue weighted by atomic mass is 19.1. The SMILES string of the molecule is Cc1cc(N/C=C2/C(=O)Nc3cccc(F)c32)ccc1N1CCCC(C)C1. The van der Waals surface area contributed by atoms with E-state index in [0.29, 0.717) is 16.8 Å². The Morgan fingerprint density at radius 1 is 1.30 bits per heavy atom. The van der Waals surface area contributed by atoms with Gasteiger partial charge in [0.05, 0.1) is 11.3 Å². The summed E-state index contributed by atoms with van der Waals surface area (Å²) in [6.07, 6.45) is 4.11. The molecule has 1 fully saturated rings. The molecule has 2 aliphatic rings. The summed E-state index contributed by atoms with van der Waals surface area (Å²) >= 11 is 0. The second-order valence-electron chi connectivity index (χ2n) is 7.51. The van der Waals surface area contributed by atoms with Crippen LogP contribution < -0.4 is 15.5 Å². The van der Waals surface area contributed by atoms with Gasteiger partial charge in [-0.2, -0.15) is 0 Å². The quantitative estimate of drug-likeness (QED) is 0.770. The largest absolute Gasteiger partial charge is 0.371 e. The number of hydrogen-bond donors (Lipinski definition) is 2. The van der Waals surface area contributed by atoms with Crippen LogP contribution in [0.3, 0.4) is 0 Å². The second-order valence-corrected chi connectivity index (χ2v) is 7.51. The molecule has 2 aromatic rings. The Morgan fingerprint density at radius 2 is 2.15 bits per heavy atom. The molecule has 1 atom stereocenters. The highest BCUT2D eigenvalue weighted by molar-refractivity contribution is 6.31. The third kappa shape index (κ3) is 3.42. The van der Waals surface area contributed by atoms with Crippen molar-refractivity contribution < 1.29 is 9.18 Å². The van der Waals surface area contributed by atoms with E-state index in [0.717, 1.165) is 24.7 Å². The van der Waals surface area contributed by atoms with E-state index >= 15 is 0 Å². The fraction of sp³-hybridized carbons (Fsp3) is 0.318. The number of anilines is 3. The van der Waals surface area contributed by atoms with Gasteiger partial charge < -0.3 is 15.5 Å². The number of carbonyl (C=O) groups excluding carboxylic acids is 1. The smallest absolute Gasteiger partial charge is 0.257 e. The second kappa shape index (κ2) is 7.06. The Labute approximate surface area is 159 Å². The van der Waals surface area contributed by atoms with E-state index in [-0.39, 0.29) is 5.91 Å². The van der Waals surface area contributed by atoms with Gasteiger partial charge in [0.2, 0.25) is 0 Å². The van der Waals surface area contributed by atoms with Crippen LogP contribution in [-0.2, 0) is 4.79 Å². The molecule has 27 heavy (non-hydrogen) atoms. The standard InChI is InChI=1S/C22H24FN3O/c1-14-5-4-10-26(13-14)20-9-8-16(11-15(20)2)24-12-17-21-18(23)6-3-7-19(21)25-22(17)27/h3,6-9,11-12,14,24H,4-5,10,13H2,1-2H3,(H,25,27)/b17-12+. The summed E-state index contributed by atoms with van der Waals surface area (Å²) in [7, 11) is 0. The average molecular weight is 365 g/mol. The average Bonchev–Trinajstić information content (AvgIpc) is 2.96. The molecule has 140 valence electrons. The predicted molar refractivity (Wildman–Crippen MR) is 108 cm³/mol. The molecule has 1 amide bonds. The zero-order chi connectivity index (χ0) is 19.0. The molecular weight excluding hydrogens is 341 g/mol. The van der Waals surface area contributed by atoms with Crippen LogP contribution in [0.4, 0.5) is 21.5 Å². The zero-order valence-corrected chi connectivity index (χ0v) is 15.7. The number of fused-ring (bicyclic) bond motifs is 1. The highest BCUT2D eigenvalue weighted by Gasteiger charge is 2.27. The van der Waals surface area contributed by atoms with E-state index < -0.39 is 5.82 Å². The fourth-order valence-electron chi connectivity index (χ4n) is 4.01. The van der Waals surface area contributed by atoms with Gasteiger partial charge in [-0.25, -0.2) is 4.39 Å². The lowest BCUT2D eigenvalue weighted by atomic mass is 9.99. The van der Waals surface area contributed by atoms with Gasteiger partial charge >= 0.3 is 0 Å². The van der Waals surface area contributed by atoms with E-state index in [2.05, 4.69) is 41.5 Å². The van der Waals surface area contributed by atoms with E-state index in [9.17, 15) is 9.18 Å². The first-order valence-corrected chi connectivity index (χ1v) is 9.45. The molecule has 0 radical (unpaired) electrons. The number of carbonyl (C=O) groups is 1. The van der Waals surface area contributed by atoms with E-state index in [4.69, 9.17) is 0 Å². The maximum Gasteiger partial charge on any atom is 0.257 e. The van der Waals surface area contributed by atoms with Gasteiger partial charge in [0.15, 0.2) is 0 Å². The van der Waals surface area contributed by atoms with Crippen LogP contribution >= 0.6 is 0 Å². The lowest BCUT2D eigenvalue weighted by molar-refractivity contribution is -0.110. The van der Waals surface area contributed by atoms with E-state index in [1.807, 2.05) is 6.07 Å². The summed E-state index contributed by atoms with van der Waals surface area (Å²) in [5, 5.41) is 5.86. The number of nitrogens with one attached hydrogen (secondary N) is 2. The number of halogens is 1. The molecule has 0 bridgehead atoms. The van der Waals surface area contributed by atoms with Gasteiger partial charge in [0, 0.05) is 36.2 Å². The fourth-order valence-corrected chi connectivity index (χ4v) is 4.01. The van der Waals surface area contributed by atoms with Crippen molar-refractivity contribution in [2.75, 3.05) is 28.6 Å². The molecule has 4 nitrogen and oxygen atoms in total. The van der Waals surface area contributed by atoms with Crippen LogP contribution in [0.1, 0.15) is 30.9 Å². The summed E-state index contributed by atoms with van der Waals surface area (Å²) in [5.74, 6) is 0.0272.